The number of amides is 1. The molecule has 1 saturated heterocycles. The fourth-order valence-electron chi connectivity index (χ4n) is 2.90. The molecular weight excluding hydrogens is 374 g/mol. The molecule has 0 saturated carbocycles. The average Bonchev–Trinajstić information content (AvgIpc) is 2.99. The smallest absolute Gasteiger partial charge is 0.330 e. The molecule has 2 rings (SSSR count). The molecule has 1 heterocycles. The maximum absolute atomic E-state index is 12.9. The van der Waals surface area contributed by atoms with Crippen molar-refractivity contribution in [1.29, 1.82) is 0 Å². The number of esters is 1. The first-order valence-corrected chi connectivity index (χ1v) is 10.5. The Morgan fingerprint density at radius 3 is 2.50 bits per heavy atom. The van der Waals surface area contributed by atoms with Gasteiger partial charge in [-0.25, -0.2) is 4.79 Å². The Kier molecular flexibility index (Phi) is 7.10. The van der Waals surface area contributed by atoms with Crippen LogP contribution < -0.4 is 0 Å². The van der Waals surface area contributed by atoms with Crippen LogP contribution in [-0.4, -0.2) is 45.8 Å². The summed E-state index contributed by atoms with van der Waals surface area (Å²) in [4.78, 5) is 39.0. The van der Waals surface area contributed by atoms with Gasteiger partial charge in [0.05, 0.1) is 4.87 Å². The Labute approximate surface area is 171 Å². The van der Waals surface area contributed by atoms with Gasteiger partial charge in [-0.3, -0.25) is 9.59 Å². The van der Waals surface area contributed by atoms with E-state index < -0.39 is 34.0 Å². The van der Waals surface area contributed by atoms with E-state index in [0.717, 1.165) is 5.56 Å². The summed E-state index contributed by atoms with van der Waals surface area (Å²) in [6, 6.07) is 8.95. The van der Waals surface area contributed by atoms with Crippen molar-refractivity contribution in [3.63, 3.8) is 0 Å². The lowest BCUT2D eigenvalue weighted by molar-refractivity contribution is -0.159. The third-order valence-electron chi connectivity index (χ3n) is 5.10. The number of rotatable bonds is 7. The zero-order chi connectivity index (χ0) is 20.9. The summed E-state index contributed by atoms with van der Waals surface area (Å²) in [5, 5.41) is 0. The molecule has 1 aromatic rings. The number of thioether (sulfide) groups is 1. The van der Waals surface area contributed by atoms with Crippen molar-refractivity contribution in [3.05, 3.63) is 42.0 Å². The fourth-order valence-corrected chi connectivity index (χ4v) is 4.10. The first-order chi connectivity index (χ1) is 13.1. The number of Topliss-reactive ketones (excluding diaryl/α,β-unsaturated/α-hetero) is 1. The zero-order valence-corrected chi connectivity index (χ0v) is 18.0. The molecule has 0 aliphatic carbocycles. The Morgan fingerprint density at radius 2 is 1.89 bits per heavy atom. The maximum Gasteiger partial charge on any atom is 0.330 e. The minimum atomic E-state index is -0.757. The topological polar surface area (TPSA) is 63.7 Å². The quantitative estimate of drug-likeness (QED) is 0.510. The van der Waals surface area contributed by atoms with E-state index >= 15 is 0 Å². The van der Waals surface area contributed by atoms with Crippen LogP contribution in [0.5, 0.6) is 0 Å². The van der Waals surface area contributed by atoms with Gasteiger partial charge in [-0.15, -0.1) is 11.8 Å². The van der Waals surface area contributed by atoms with Crippen LogP contribution in [-0.2, 0) is 19.1 Å². The number of ketones is 1. The number of benzene rings is 1. The van der Waals surface area contributed by atoms with Gasteiger partial charge in [0.15, 0.2) is 0 Å². The van der Waals surface area contributed by atoms with Crippen molar-refractivity contribution in [3.8, 4) is 0 Å². The number of nitrogens with zero attached hydrogens (tertiary/aromatic N) is 1. The van der Waals surface area contributed by atoms with Gasteiger partial charge in [0, 0.05) is 11.2 Å². The van der Waals surface area contributed by atoms with Crippen LogP contribution in [0.15, 0.2) is 36.4 Å². The predicted octanol–water partition coefficient (Wildman–Crippen LogP) is 3.93. The van der Waals surface area contributed by atoms with Crippen LogP contribution in [0.3, 0.4) is 0 Å². The molecular formula is C22H29NO4S. The lowest BCUT2D eigenvalue weighted by atomic mass is 9.84. The first-order valence-electron chi connectivity index (χ1n) is 9.50. The van der Waals surface area contributed by atoms with Crippen molar-refractivity contribution in [2.45, 2.75) is 52.0 Å². The van der Waals surface area contributed by atoms with Gasteiger partial charge >= 0.3 is 5.97 Å². The SMILES string of the molecule is CCC(C)(C)C(=O)C(=O)N1[C@H](C(=O)OC/C=C/c2ccccc2)CSC1(C)C. The van der Waals surface area contributed by atoms with Crippen molar-refractivity contribution >= 4 is 35.5 Å². The number of carbonyl (C=O) groups is 3. The molecule has 0 N–H and O–H groups in total. The van der Waals surface area contributed by atoms with E-state index in [0.29, 0.717) is 12.2 Å². The lowest BCUT2D eigenvalue weighted by Crippen LogP contribution is -2.54. The van der Waals surface area contributed by atoms with E-state index in [1.54, 1.807) is 19.9 Å². The largest absolute Gasteiger partial charge is 0.460 e. The summed E-state index contributed by atoms with van der Waals surface area (Å²) in [6.07, 6.45) is 4.19. The highest BCUT2D eigenvalue weighted by Gasteiger charge is 2.50. The van der Waals surface area contributed by atoms with E-state index in [1.165, 1.54) is 16.7 Å². The molecule has 0 radical (unpaired) electrons. The maximum atomic E-state index is 12.9. The zero-order valence-electron chi connectivity index (χ0n) is 17.2. The molecule has 28 heavy (non-hydrogen) atoms. The Bertz CT molecular complexity index is 755. The van der Waals surface area contributed by atoms with Gasteiger partial charge in [-0.1, -0.05) is 57.2 Å². The van der Waals surface area contributed by atoms with Crippen molar-refractivity contribution in [2.75, 3.05) is 12.4 Å². The summed E-state index contributed by atoms with van der Waals surface area (Å²) in [5.41, 5.74) is 0.258. The second-order valence-corrected chi connectivity index (χ2v) is 9.58. The molecule has 6 heteroatoms. The van der Waals surface area contributed by atoms with Gasteiger partial charge in [-0.2, -0.15) is 0 Å². The molecule has 1 aromatic carbocycles. The van der Waals surface area contributed by atoms with E-state index in [4.69, 9.17) is 4.74 Å². The third-order valence-corrected chi connectivity index (χ3v) is 6.49. The van der Waals surface area contributed by atoms with Gasteiger partial charge in [0.1, 0.15) is 12.6 Å². The van der Waals surface area contributed by atoms with Crippen molar-refractivity contribution in [2.24, 2.45) is 5.41 Å². The normalized spacial score (nSPS) is 19.0. The number of hydrogen-bond donors (Lipinski definition) is 0. The van der Waals surface area contributed by atoms with Crippen LogP contribution >= 0.6 is 11.8 Å². The summed E-state index contributed by atoms with van der Waals surface area (Å²) in [5.74, 6) is -1.14. The molecule has 1 aliphatic rings. The highest BCUT2D eigenvalue weighted by molar-refractivity contribution is 8.00. The predicted molar refractivity (Wildman–Crippen MR) is 113 cm³/mol. The molecule has 1 aliphatic heterocycles. The number of ether oxygens (including phenoxy) is 1. The van der Waals surface area contributed by atoms with E-state index in [-0.39, 0.29) is 6.61 Å². The van der Waals surface area contributed by atoms with E-state index in [2.05, 4.69) is 0 Å². The second-order valence-electron chi connectivity index (χ2n) is 7.96. The molecule has 0 spiro atoms. The Hall–Kier alpha value is -2.08. The van der Waals surface area contributed by atoms with Crippen LogP contribution in [0, 0.1) is 5.41 Å². The average molecular weight is 404 g/mol. The molecule has 152 valence electrons. The number of hydrogen-bond acceptors (Lipinski definition) is 5. The summed E-state index contributed by atoms with van der Waals surface area (Å²) in [6.45, 7) is 9.21. The van der Waals surface area contributed by atoms with E-state index in [1.807, 2.05) is 57.2 Å². The summed E-state index contributed by atoms with van der Waals surface area (Å²) < 4.78 is 5.37. The van der Waals surface area contributed by atoms with Crippen molar-refractivity contribution < 1.29 is 19.1 Å². The standard InChI is InChI=1S/C22H29NO4S/c1-6-21(2,3)18(24)19(25)23-17(15-28-22(23,4)5)20(26)27-14-10-13-16-11-8-7-9-12-16/h7-13,17H,6,14-15H2,1-5H3/b13-10+/t17-/m0/s1. The van der Waals surface area contributed by atoms with Gasteiger partial charge in [-0.05, 0) is 31.9 Å². The van der Waals surface area contributed by atoms with Gasteiger partial charge in [0.2, 0.25) is 5.78 Å². The fraction of sp³-hybridized carbons (Fsp3) is 0.500. The minimum Gasteiger partial charge on any atom is -0.460 e. The van der Waals surface area contributed by atoms with Gasteiger partial charge in [0.25, 0.3) is 5.91 Å². The first kappa shape index (κ1) is 22.2. The summed E-state index contributed by atoms with van der Waals surface area (Å²) >= 11 is 1.48. The van der Waals surface area contributed by atoms with Crippen LogP contribution in [0.2, 0.25) is 0 Å². The monoisotopic (exact) mass is 403 g/mol. The molecule has 1 amide bonds. The third kappa shape index (κ3) is 5.04. The molecule has 1 fully saturated rings. The Balaban J connectivity index is 2.06. The number of carbonyl (C=O) groups excluding carboxylic acids is 3. The Morgan fingerprint density at radius 1 is 1.25 bits per heavy atom. The van der Waals surface area contributed by atoms with Crippen molar-refractivity contribution in [1.82, 2.24) is 4.90 Å². The minimum absolute atomic E-state index is 0.117. The molecule has 0 bridgehead atoms. The summed E-state index contributed by atoms with van der Waals surface area (Å²) in [7, 11) is 0. The lowest BCUT2D eigenvalue weighted by Gasteiger charge is -2.35. The van der Waals surface area contributed by atoms with E-state index in [9.17, 15) is 14.4 Å². The molecule has 1 atom stereocenters. The van der Waals surface area contributed by atoms with Gasteiger partial charge < -0.3 is 9.64 Å². The van der Waals surface area contributed by atoms with Crippen LogP contribution in [0.1, 0.15) is 46.6 Å². The molecule has 0 unspecified atom stereocenters. The highest BCUT2D eigenvalue weighted by Crippen LogP contribution is 2.40. The highest BCUT2D eigenvalue weighted by atomic mass is 32.2. The molecule has 0 aromatic heterocycles. The molecule has 5 nitrogen and oxygen atoms in total. The second kappa shape index (κ2) is 8.95. The van der Waals surface area contributed by atoms with Crippen LogP contribution in [0.25, 0.3) is 6.08 Å². The van der Waals surface area contributed by atoms with Crippen LogP contribution in [0.4, 0.5) is 0 Å².